The van der Waals surface area contributed by atoms with Gasteiger partial charge in [-0.15, -0.1) is 0 Å². The second-order valence-electron chi connectivity index (χ2n) is 7.48. The number of benzene rings is 1. The number of nitrogens with zero attached hydrogens (tertiary/aromatic N) is 3. The predicted molar refractivity (Wildman–Crippen MR) is 114 cm³/mol. The monoisotopic (exact) mass is 436 g/mol. The summed E-state index contributed by atoms with van der Waals surface area (Å²) in [4.78, 5) is 15.8. The van der Waals surface area contributed by atoms with Gasteiger partial charge < -0.3 is 29.0 Å². The van der Waals surface area contributed by atoms with Crippen LogP contribution < -0.4 is 5.32 Å². The molecule has 0 saturated carbocycles. The van der Waals surface area contributed by atoms with Crippen molar-refractivity contribution >= 4 is 6.09 Å². The Morgan fingerprint density at radius 2 is 2.16 bits per heavy atom. The van der Waals surface area contributed by atoms with Crippen molar-refractivity contribution in [1.82, 2.24) is 20.0 Å². The molecule has 1 aliphatic rings. The van der Waals surface area contributed by atoms with E-state index in [-0.39, 0.29) is 6.04 Å². The lowest BCUT2D eigenvalue weighted by Crippen LogP contribution is -2.48. The van der Waals surface area contributed by atoms with Crippen LogP contribution in [-0.2, 0) is 22.4 Å². The highest BCUT2D eigenvalue weighted by atomic mass is 16.6. The molecule has 0 spiro atoms. The van der Waals surface area contributed by atoms with Gasteiger partial charge in [0.15, 0.2) is 0 Å². The van der Waals surface area contributed by atoms with Gasteiger partial charge in [-0.05, 0) is 30.5 Å². The molecule has 2 aromatic heterocycles. The van der Waals surface area contributed by atoms with Crippen LogP contribution in [-0.4, -0.2) is 51.8 Å². The van der Waals surface area contributed by atoms with Gasteiger partial charge in [-0.25, -0.2) is 9.78 Å². The second-order valence-corrected chi connectivity index (χ2v) is 7.48. The number of hydrogen-bond acceptors (Lipinski definition) is 7. The molecule has 2 N–H and O–H groups in total. The summed E-state index contributed by atoms with van der Waals surface area (Å²) >= 11 is 0. The minimum absolute atomic E-state index is 0.0633. The molecule has 1 atom stereocenters. The van der Waals surface area contributed by atoms with Gasteiger partial charge in [0.2, 0.25) is 5.76 Å². The van der Waals surface area contributed by atoms with Gasteiger partial charge in [0, 0.05) is 30.4 Å². The third-order valence-corrected chi connectivity index (χ3v) is 4.88. The van der Waals surface area contributed by atoms with Gasteiger partial charge in [0.05, 0.1) is 32.4 Å². The molecule has 1 saturated heterocycles. The second kappa shape index (κ2) is 10.1. The summed E-state index contributed by atoms with van der Waals surface area (Å²) < 4.78 is 17.3. The number of carbonyl (C=O) groups excluding carboxylic acids is 1. The predicted octanol–water partition coefficient (Wildman–Crippen LogP) is 2.04. The van der Waals surface area contributed by atoms with Crippen molar-refractivity contribution < 1.29 is 23.9 Å². The normalized spacial score (nSPS) is 14.2. The van der Waals surface area contributed by atoms with Gasteiger partial charge >= 0.3 is 6.09 Å². The van der Waals surface area contributed by atoms with Crippen LogP contribution in [0.15, 0.2) is 47.2 Å². The molecule has 0 radical (unpaired) electrons. The number of imidazole rings is 1. The molecule has 9 nitrogen and oxygen atoms in total. The van der Waals surface area contributed by atoms with E-state index in [1.807, 2.05) is 28.8 Å². The fourth-order valence-corrected chi connectivity index (χ4v) is 3.12. The van der Waals surface area contributed by atoms with Crippen LogP contribution in [0.4, 0.5) is 4.79 Å². The van der Waals surface area contributed by atoms with Gasteiger partial charge in [0.25, 0.3) is 0 Å². The molecule has 1 aliphatic heterocycles. The molecule has 1 fully saturated rings. The van der Waals surface area contributed by atoms with Gasteiger partial charge in [0.1, 0.15) is 17.6 Å². The number of aliphatic hydroxyl groups excluding tert-OH is 1. The Balaban J connectivity index is 1.26. The van der Waals surface area contributed by atoms with Crippen LogP contribution in [0.2, 0.25) is 0 Å². The Morgan fingerprint density at radius 3 is 2.88 bits per heavy atom. The zero-order valence-electron chi connectivity index (χ0n) is 17.7. The average molecular weight is 436 g/mol. The summed E-state index contributed by atoms with van der Waals surface area (Å²) in [5, 5.41) is 16.5. The summed E-state index contributed by atoms with van der Waals surface area (Å²) in [6.45, 7) is 3.50. The number of hydrogen-bond donors (Lipinski definition) is 2. The lowest BCUT2D eigenvalue weighted by Gasteiger charge is -2.26. The number of aliphatic hydroxyl groups is 1. The first-order chi connectivity index (χ1) is 15.6. The minimum Gasteiger partial charge on any atom is -0.449 e. The van der Waals surface area contributed by atoms with E-state index in [0.29, 0.717) is 50.1 Å². The Labute approximate surface area is 185 Å². The van der Waals surface area contributed by atoms with Gasteiger partial charge in [-0.3, -0.25) is 0 Å². The highest BCUT2D eigenvalue weighted by Crippen LogP contribution is 2.12. The van der Waals surface area contributed by atoms with E-state index < -0.39 is 12.2 Å². The van der Waals surface area contributed by atoms with E-state index >= 15 is 0 Å². The SMILES string of the molecule is CC(O)c1nccn1Cc1cc(C#Cc2ccc(CCOC(=O)NC3COC3)cc2)on1. The maximum absolute atomic E-state index is 11.6. The third-order valence-electron chi connectivity index (χ3n) is 4.88. The topological polar surface area (TPSA) is 112 Å². The molecule has 1 unspecified atom stereocenters. The quantitative estimate of drug-likeness (QED) is 0.545. The van der Waals surface area contributed by atoms with E-state index in [1.54, 1.807) is 25.4 Å². The fourth-order valence-electron chi connectivity index (χ4n) is 3.12. The summed E-state index contributed by atoms with van der Waals surface area (Å²) in [5.74, 6) is 7.04. The summed E-state index contributed by atoms with van der Waals surface area (Å²) in [5.41, 5.74) is 2.58. The lowest BCUT2D eigenvalue weighted by atomic mass is 10.1. The number of ether oxygens (including phenoxy) is 2. The Morgan fingerprint density at radius 1 is 1.34 bits per heavy atom. The zero-order chi connectivity index (χ0) is 22.3. The van der Waals surface area contributed by atoms with E-state index in [9.17, 15) is 9.90 Å². The molecule has 166 valence electrons. The smallest absolute Gasteiger partial charge is 0.407 e. The van der Waals surface area contributed by atoms with Gasteiger partial charge in [-0.2, -0.15) is 0 Å². The van der Waals surface area contributed by atoms with E-state index in [0.717, 1.165) is 11.1 Å². The molecule has 4 rings (SSSR count). The molecule has 32 heavy (non-hydrogen) atoms. The molecular weight excluding hydrogens is 412 g/mol. The maximum Gasteiger partial charge on any atom is 0.407 e. The number of nitrogens with one attached hydrogen (secondary N) is 1. The zero-order valence-corrected chi connectivity index (χ0v) is 17.7. The number of rotatable bonds is 7. The maximum atomic E-state index is 11.6. The molecule has 1 aromatic carbocycles. The van der Waals surface area contributed by atoms with E-state index in [1.165, 1.54) is 0 Å². The van der Waals surface area contributed by atoms with Crippen LogP contribution in [0.5, 0.6) is 0 Å². The number of carbonyl (C=O) groups is 1. The average Bonchev–Trinajstić information content (AvgIpc) is 3.40. The van der Waals surface area contributed by atoms with E-state index in [4.69, 9.17) is 14.0 Å². The van der Waals surface area contributed by atoms with Crippen molar-refractivity contribution in [2.45, 2.75) is 32.0 Å². The molecule has 0 bridgehead atoms. The summed E-state index contributed by atoms with van der Waals surface area (Å²) in [6, 6.07) is 9.55. The van der Waals surface area contributed by atoms with Crippen molar-refractivity contribution in [2.24, 2.45) is 0 Å². The Hall–Kier alpha value is -3.61. The molecular formula is C23H24N4O5. The fraction of sp³-hybridized carbons (Fsp3) is 0.348. The molecule has 9 heteroatoms. The minimum atomic E-state index is -0.662. The molecule has 3 aromatic rings. The lowest BCUT2D eigenvalue weighted by molar-refractivity contribution is -0.00534. The summed E-state index contributed by atoms with van der Waals surface area (Å²) in [6.07, 6.45) is 2.96. The highest BCUT2D eigenvalue weighted by Gasteiger charge is 2.20. The van der Waals surface area contributed by atoms with Crippen LogP contribution in [0.3, 0.4) is 0 Å². The molecule has 0 aliphatic carbocycles. The van der Waals surface area contributed by atoms with E-state index in [2.05, 4.69) is 27.3 Å². The standard InChI is InChI=1S/C23H24N4O5/c1-16(28)22-24-9-10-27(22)13-19-12-21(32-26-19)7-6-17-2-4-18(5-3-17)8-11-31-23(29)25-20-14-30-15-20/h2-5,9-10,12,16,20,28H,8,11,13-15H2,1H3,(H,25,29). The van der Waals surface area contributed by atoms with Crippen molar-refractivity contribution in [3.05, 3.63) is 71.1 Å². The number of aromatic nitrogens is 3. The number of alkyl carbamates (subject to hydrolysis) is 1. The van der Waals surface area contributed by atoms with Crippen LogP contribution >= 0.6 is 0 Å². The van der Waals surface area contributed by atoms with Gasteiger partial charge in [-0.1, -0.05) is 23.2 Å². The largest absolute Gasteiger partial charge is 0.449 e. The van der Waals surface area contributed by atoms with Crippen molar-refractivity contribution in [3.63, 3.8) is 0 Å². The first kappa shape index (κ1) is 21.6. The molecule has 3 heterocycles. The highest BCUT2D eigenvalue weighted by molar-refractivity contribution is 5.67. The first-order valence-corrected chi connectivity index (χ1v) is 10.3. The molecule has 1 amide bonds. The van der Waals surface area contributed by atoms with Crippen molar-refractivity contribution in [2.75, 3.05) is 19.8 Å². The summed E-state index contributed by atoms with van der Waals surface area (Å²) in [7, 11) is 0. The van der Waals surface area contributed by atoms with Crippen LogP contribution in [0.25, 0.3) is 0 Å². The van der Waals surface area contributed by atoms with Crippen molar-refractivity contribution in [1.29, 1.82) is 0 Å². The third kappa shape index (κ3) is 5.75. The Bertz CT molecular complexity index is 1100. The van der Waals surface area contributed by atoms with Crippen LogP contribution in [0, 0.1) is 11.8 Å². The first-order valence-electron chi connectivity index (χ1n) is 10.3. The van der Waals surface area contributed by atoms with Crippen molar-refractivity contribution in [3.8, 4) is 11.8 Å². The Kier molecular flexibility index (Phi) is 6.84. The van der Waals surface area contributed by atoms with Crippen LogP contribution in [0.1, 0.15) is 41.4 Å². The number of amides is 1.